The van der Waals surface area contributed by atoms with Crippen molar-refractivity contribution >= 4 is 17.4 Å². The first-order valence-corrected chi connectivity index (χ1v) is 10.3. The van der Waals surface area contributed by atoms with Crippen LogP contribution in [-0.4, -0.2) is 48.8 Å². The Morgan fingerprint density at radius 1 is 1.19 bits per heavy atom. The van der Waals surface area contributed by atoms with Gasteiger partial charge in [-0.3, -0.25) is 0 Å². The number of aromatic hydroxyl groups is 1. The highest BCUT2D eigenvalue weighted by atomic mass is 16.5. The van der Waals surface area contributed by atoms with E-state index in [1.807, 2.05) is 24.3 Å². The highest BCUT2D eigenvalue weighted by Crippen LogP contribution is 2.35. The summed E-state index contributed by atoms with van der Waals surface area (Å²) in [7, 11) is 1.24. The molecule has 0 radical (unpaired) electrons. The van der Waals surface area contributed by atoms with Crippen LogP contribution in [0.5, 0.6) is 11.5 Å². The molecular formula is C24H30N2O5. The van der Waals surface area contributed by atoms with Gasteiger partial charge in [-0.2, -0.15) is 0 Å². The first kappa shape index (κ1) is 22.5. The van der Waals surface area contributed by atoms with Crippen LogP contribution in [-0.2, 0) is 4.74 Å². The van der Waals surface area contributed by atoms with E-state index < -0.39 is 5.97 Å². The van der Waals surface area contributed by atoms with Crippen LogP contribution in [0.15, 0.2) is 47.6 Å². The Morgan fingerprint density at radius 3 is 2.45 bits per heavy atom. The monoisotopic (exact) mass is 426 g/mol. The van der Waals surface area contributed by atoms with E-state index in [0.29, 0.717) is 22.8 Å². The van der Waals surface area contributed by atoms with E-state index in [1.165, 1.54) is 25.7 Å². The number of anilines is 1. The van der Waals surface area contributed by atoms with Crippen molar-refractivity contribution in [2.45, 2.75) is 27.2 Å². The minimum atomic E-state index is -0.631. The van der Waals surface area contributed by atoms with Crippen molar-refractivity contribution in [1.82, 2.24) is 0 Å². The minimum Gasteiger partial charge on any atom is -0.507 e. The zero-order chi connectivity index (χ0) is 22.6. The average molecular weight is 427 g/mol. The summed E-state index contributed by atoms with van der Waals surface area (Å²) in [5.74, 6) is 0.134. The fourth-order valence-electron chi connectivity index (χ4n) is 3.77. The molecule has 3 rings (SSSR count). The standard InChI is InChI=1S/C24H30N2O5/c1-24(2,3)17-11-12-26(14-17)18-7-5-16(6-8-18)21(25-29)15-31-19-9-10-20(22(27)13-19)23(28)30-4/h5-10,13,17,27,29H,11-12,14-15H2,1-4H3. The molecule has 1 saturated heterocycles. The molecule has 2 N–H and O–H groups in total. The molecule has 1 fully saturated rings. The molecule has 31 heavy (non-hydrogen) atoms. The highest BCUT2D eigenvalue weighted by Gasteiger charge is 2.31. The summed E-state index contributed by atoms with van der Waals surface area (Å²) in [6.45, 7) is 8.95. The second kappa shape index (κ2) is 9.29. The van der Waals surface area contributed by atoms with Crippen molar-refractivity contribution in [2.75, 3.05) is 31.7 Å². The van der Waals surface area contributed by atoms with E-state index >= 15 is 0 Å². The Balaban J connectivity index is 1.63. The second-order valence-electron chi connectivity index (χ2n) is 8.85. The van der Waals surface area contributed by atoms with Gasteiger partial charge in [-0.1, -0.05) is 38.1 Å². The molecule has 1 unspecified atom stereocenters. The summed E-state index contributed by atoms with van der Waals surface area (Å²) in [5.41, 5.74) is 2.60. The molecule has 0 bridgehead atoms. The van der Waals surface area contributed by atoms with Gasteiger partial charge in [0.25, 0.3) is 0 Å². The van der Waals surface area contributed by atoms with Crippen LogP contribution in [0.2, 0.25) is 0 Å². The van der Waals surface area contributed by atoms with E-state index in [9.17, 15) is 15.1 Å². The van der Waals surface area contributed by atoms with Crippen LogP contribution in [0.3, 0.4) is 0 Å². The number of carbonyl (C=O) groups excluding carboxylic acids is 1. The predicted octanol–water partition coefficient (Wildman–Crippen LogP) is 4.31. The number of carbonyl (C=O) groups is 1. The third kappa shape index (κ3) is 5.29. The van der Waals surface area contributed by atoms with Gasteiger partial charge in [-0.25, -0.2) is 4.79 Å². The lowest BCUT2D eigenvalue weighted by molar-refractivity contribution is 0.0597. The molecule has 2 aromatic carbocycles. The number of phenolic OH excluding ortho intramolecular Hbond substituents is 1. The summed E-state index contributed by atoms with van der Waals surface area (Å²) < 4.78 is 10.2. The largest absolute Gasteiger partial charge is 0.507 e. The maximum atomic E-state index is 11.6. The summed E-state index contributed by atoms with van der Waals surface area (Å²) in [5, 5.41) is 22.8. The zero-order valence-corrected chi connectivity index (χ0v) is 18.5. The molecule has 166 valence electrons. The lowest BCUT2D eigenvalue weighted by atomic mass is 9.80. The number of methoxy groups -OCH3 is 1. The molecule has 1 aliphatic heterocycles. The first-order valence-electron chi connectivity index (χ1n) is 10.3. The minimum absolute atomic E-state index is 0.00265. The van der Waals surface area contributed by atoms with Gasteiger partial charge in [-0.15, -0.1) is 0 Å². The summed E-state index contributed by atoms with van der Waals surface area (Å²) in [6.07, 6.45) is 1.18. The number of rotatable bonds is 6. The van der Waals surface area contributed by atoms with E-state index in [2.05, 4.69) is 35.6 Å². The summed E-state index contributed by atoms with van der Waals surface area (Å²) in [6, 6.07) is 12.2. The van der Waals surface area contributed by atoms with Crippen molar-refractivity contribution in [3.63, 3.8) is 0 Å². The maximum Gasteiger partial charge on any atom is 0.341 e. The number of esters is 1. The van der Waals surface area contributed by atoms with Crippen LogP contribution in [0, 0.1) is 11.3 Å². The molecule has 0 aliphatic carbocycles. The molecule has 1 aliphatic rings. The molecule has 7 heteroatoms. The molecule has 0 aromatic heterocycles. The lowest BCUT2D eigenvalue weighted by Gasteiger charge is -2.27. The Kier molecular flexibility index (Phi) is 6.73. The van der Waals surface area contributed by atoms with Crippen LogP contribution >= 0.6 is 0 Å². The van der Waals surface area contributed by atoms with E-state index in [4.69, 9.17) is 4.74 Å². The van der Waals surface area contributed by atoms with Crippen LogP contribution in [0.25, 0.3) is 0 Å². The maximum absolute atomic E-state index is 11.6. The van der Waals surface area contributed by atoms with Gasteiger partial charge in [0.05, 0.1) is 7.11 Å². The Bertz CT molecular complexity index is 947. The number of oxime groups is 1. The zero-order valence-electron chi connectivity index (χ0n) is 18.5. The number of hydrogen-bond acceptors (Lipinski definition) is 7. The van der Waals surface area contributed by atoms with Crippen molar-refractivity contribution in [3.05, 3.63) is 53.6 Å². The highest BCUT2D eigenvalue weighted by molar-refractivity contribution is 6.01. The summed E-state index contributed by atoms with van der Waals surface area (Å²) >= 11 is 0. The Morgan fingerprint density at radius 2 is 1.90 bits per heavy atom. The topological polar surface area (TPSA) is 91.6 Å². The van der Waals surface area contributed by atoms with Crippen LogP contribution in [0.1, 0.15) is 43.1 Å². The number of ether oxygens (including phenoxy) is 2. The van der Waals surface area contributed by atoms with E-state index in [1.54, 1.807) is 6.07 Å². The van der Waals surface area contributed by atoms with Crippen molar-refractivity contribution in [1.29, 1.82) is 0 Å². The Hall–Kier alpha value is -3.22. The molecule has 0 saturated carbocycles. The molecule has 1 heterocycles. The molecule has 0 spiro atoms. The smallest absolute Gasteiger partial charge is 0.341 e. The van der Waals surface area contributed by atoms with Crippen molar-refractivity contribution < 1.29 is 24.6 Å². The van der Waals surface area contributed by atoms with Gasteiger partial charge in [0.15, 0.2) is 0 Å². The molecule has 1 atom stereocenters. The van der Waals surface area contributed by atoms with Crippen LogP contribution < -0.4 is 9.64 Å². The van der Waals surface area contributed by atoms with Gasteiger partial charge in [0.1, 0.15) is 29.4 Å². The van der Waals surface area contributed by atoms with Crippen molar-refractivity contribution in [2.24, 2.45) is 16.5 Å². The number of phenols is 1. The second-order valence-corrected chi connectivity index (χ2v) is 8.85. The molecular weight excluding hydrogens is 396 g/mol. The number of nitrogens with zero attached hydrogens (tertiary/aromatic N) is 2. The third-order valence-electron chi connectivity index (χ3n) is 5.85. The quantitative estimate of drug-likeness (QED) is 0.310. The fourth-order valence-corrected chi connectivity index (χ4v) is 3.77. The lowest BCUT2D eigenvalue weighted by Crippen LogP contribution is -2.25. The van der Waals surface area contributed by atoms with Gasteiger partial charge in [0, 0.05) is 30.4 Å². The van der Waals surface area contributed by atoms with Gasteiger partial charge >= 0.3 is 5.97 Å². The molecule has 0 amide bonds. The van der Waals surface area contributed by atoms with Gasteiger partial charge in [-0.05, 0) is 42.0 Å². The predicted molar refractivity (Wildman–Crippen MR) is 119 cm³/mol. The molecule has 2 aromatic rings. The van der Waals surface area contributed by atoms with E-state index in [-0.39, 0.29) is 17.9 Å². The van der Waals surface area contributed by atoms with Gasteiger partial charge in [0.2, 0.25) is 0 Å². The average Bonchev–Trinajstić information content (AvgIpc) is 3.25. The normalized spacial score (nSPS) is 17.0. The SMILES string of the molecule is COC(=O)c1ccc(OCC(=NO)c2ccc(N3CCC(C(C)(C)C)C3)cc2)cc1O. The number of benzene rings is 2. The summed E-state index contributed by atoms with van der Waals surface area (Å²) in [4.78, 5) is 13.9. The first-order chi connectivity index (χ1) is 14.7. The third-order valence-corrected chi connectivity index (χ3v) is 5.85. The van der Waals surface area contributed by atoms with Gasteiger partial charge < -0.3 is 24.7 Å². The Labute approximate surface area is 182 Å². The van der Waals surface area contributed by atoms with E-state index in [0.717, 1.165) is 24.3 Å². The number of hydrogen-bond donors (Lipinski definition) is 2. The fraction of sp³-hybridized carbons (Fsp3) is 0.417. The van der Waals surface area contributed by atoms with Crippen molar-refractivity contribution in [3.8, 4) is 11.5 Å². The van der Waals surface area contributed by atoms with Crippen LogP contribution in [0.4, 0.5) is 5.69 Å². The molecule has 7 nitrogen and oxygen atoms in total.